The molecule has 10 heterocycles. The van der Waals surface area contributed by atoms with Crippen molar-refractivity contribution in [3.63, 3.8) is 0 Å². The van der Waals surface area contributed by atoms with Crippen LogP contribution >= 0.6 is 57.5 Å². The van der Waals surface area contributed by atoms with E-state index < -0.39 is 6.10 Å². The van der Waals surface area contributed by atoms with Crippen molar-refractivity contribution >= 4 is 67.3 Å². The number of aliphatic hydroxyl groups is 1. The fourth-order valence-electron chi connectivity index (χ4n) is 9.39. The van der Waals surface area contributed by atoms with Crippen molar-refractivity contribution in [2.24, 2.45) is 0 Å². The number of thioether (sulfide) groups is 2. The van der Waals surface area contributed by atoms with Gasteiger partial charge in [0.1, 0.15) is 71.3 Å². The lowest BCUT2D eigenvalue weighted by Crippen LogP contribution is -2.21. The van der Waals surface area contributed by atoms with Gasteiger partial charge in [-0.05, 0) is 13.3 Å². The van der Waals surface area contributed by atoms with E-state index in [0.717, 1.165) is 68.0 Å². The summed E-state index contributed by atoms with van der Waals surface area (Å²) in [5, 5.41) is 11.0. The molecule has 3 atom stereocenters. The number of fused-ring (bicyclic) bond motifs is 3. The maximum Gasteiger partial charge on any atom is 0.181 e. The minimum absolute atomic E-state index is 0.121. The second kappa shape index (κ2) is 26.0. The molecule has 0 radical (unpaired) electrons. The van der Waals surface area contributed by atoms with Gasteiger partial charge >= 0.3 is 0 Å². The molecular formula is C52H68O15S5. The van der Waals surface area contributed by atoms with Crippen molar-refractivity contribution in [1.29, 1.82) is 0 Å². The molecule has 0 aromatic carbocycles. The summed E-state index contributed by atoms with van der Waals surface area (Å²) in [5.74, 6) is 7.16. The Kier molecular flexibility index (Phi) is 18.9. The second-order valence-corrected chi connectivity index (χ2v) is 23.8. The molecule has 0 amide bonds. The summed E-state index contributed by atoms with van der Waals surface area (Å²) in [6.45, 7) is 12.6. The highest BCUT2D eigenvalue weighted by Crippen LogP contribution is 2.60. The lowest BCUT2D eigenvalue weighted by molar-refractivity contribution is -0.0167. The number of thiophene rings is 3. The average molecular weight is 1090 g/mol. The Morgan fingerprint density at radius 1 is 0.458 bits per heavy atom. The van der Waals surface area contributed by atoms with Gasteiger partial charge in [-0.15, -0.1) is 57.5 Å². The van der Waals surface area contributed by atoms with Crippen molar-refractivity contribution < 1.29 is 71.4 Å². The van der Waals surface area contributed by atoms with E-state index in [1.165, 1.54) is 57.8 Å². The summed E-state index contributed by atoms with van der Waals surface area (Å²) in [5.41, 5.74) is 0. The van der Waals surface area contributed by atoms with Crippen LogP contribution in [0.1, 0.15) is 93.1 Å². The molecule has 20 heteroatoms. The Bertz CT molecular complexity index is 2600. The first-order chi connectivity index (χ1) is 35.6. The smallest absolute Gasteiger partial charge is 0.181 e. The third kappa shape index (κ3) is 12.1. The molecule has 1 N–H and O–H groups in total. The quantitative estimate of drug-likeness (QED) is 0.0806. The third-order valence-electron chi connectivity index (χ3n) is 12.8. The number of ether oxygens (including phenoxy) is 14. The monoisotopic (exact) mass is 1090 g/mol. The first kappa shape index (κ1) is 52.3. The van der Waals surface area contributed by atoms with Crippen molar-refractivity contribution in [1.82, 2.24) is 0 Å². The number of hydrogen-bond acceptors (Lipinski definition) is 20. The SMILES string of the molecule is CCCCCCCCCCCCOCCOCCOCCOCC(O)Cc1sc(C2S/C(=c3/s/c(=c4/s/c(=C5/SC(C)C6=C5OCCO6)c5c4OCCO5)c4c3OCCO4)C3=C2OCCO3)c2c1OCCO2. The molecule has 0 bridgehead atoms. The molecule has 3 aromatic rings. The van der Waals surface area contributed by atoms with Crippen LogP contribution in [-0.4, -0.2) is 135 Å². The molecule has 72 heavy (non-hydrogen) atoms. The number of aliphatic hydroxyl groups excluding tert-OH is 1. The van der Waals surface area contributed by atoms with Crippen molar-refractivity contribution in [2.75, 3.05) is 119 Å². The predicted molar refractivity (Wildman–Crippen MR) is 280 cm³/mol. The van der Waals surface area contributed by atoms with Gasteiger partial charge in [0.25, 0.3) is 0 Å². The lowest BCUT2D eigenvalue weighted by Gasteiger charge is -2.21. The van der Waals surface area contributed by atoms with Crippen LogP contribution in [-0.2, 0) is 44.3 Å². The van der Waals surface area contributed by atoms with Crippen molar-refractivity contribution in [3.05, 3.63) is 50.9 Å². The number of unbranched alkanes of at least 4 members (excludes halogenated alkanes) is 9. The molecule has 3 aromatic heterocycles. The fraction of sp³-hybridized carbons (Fsp3) is 0.654. The zero-order valence-electron chi connectivity index (χ0n) is 41.4. The molecule has 7 aliphatic rings. The van der Waals surface area contributed by atoms with Gasteiger partial charge in [-0.3, -0.25) is 0 Å². The van der Waals surface area contributed by atoms with E-state index >= 15 is 0 Å². The molecule has 0 saturated heterocycles. The molecular weight excluding hydrogens is 1020 g/mol. The standard InChI is InChI=1S/C52H68O15S5/c1-3-4-5-6-7-8-9-10-11-12-13-54-14-15-55-16-17-56-18-19-57-31-33(53)30-34-36-38(61-23-21-59-36)46(69-34)48-40-42(65-27-25-63-40)50(71-48)52-44-43(66-28-29-67-44)51(72-52)49-41-39(62-24-26-64-41)47(70-49)45-37-35(32(2)68-45)58-20-22-60-37/h32-33,48,53H,3-31H2,1-2H3/b47-45+,51-49+,52-50+. The summed E-state index contributed by atoms with van der Waals surface area (Å²) in [4.78, 5) is 3.73. The molecule has 0 aliphatic carbocycles. The van der Waals surface area contributed by atoms with Crippen LogP contribution in [0, 0.1) is 9.06 Å². The molecule has 3 unspecified atom stereocenters. The molecule has 396 valence electrons. The minimum Gasteiger partial charge on any atom is -0.489 e. The summed E-state index contributed by atoms with van der Waals surface area (Å²) in [6.07, 6.45) is 12.8. The minimum atomic E-state index is -0.764. The summed E-state index contributed by atoms with van der Waals surface area (Å²) in [6, 6.07) is 0. The summed E-state index contributed by atoms with van der Waals surface area (Å²) in [7, 11) is 0. The van der Waals surface area contributed by atoms with Crippen LogP contribution in [0.25, 0.3) is 9.81 Å². The van der Waals surface area contributed by atoms with Crippen LogP contribution in [0.15, 0.2) is 23.0 Å². The van der Waals surface area contributed by atoms with Crippen LogP contribution < -0.4 is 37.5 Å². The number of rotatable bonds is 25. The van der Waals surface area contributed by atoms with Crippen molar-refractivity contribution in [2.45, 2.75) is 101 Å². The van der Waals surface area contributed by atoms with Gasteiger partial charge in [0.05, 0.1) is 95.3 Å². The lowest BCUT2D eigenvalue weighted by atomic mass is 10.1. The normalized spacial score (nSPS) is 22.3. The summed E-state index contributed by atoms with van der Waals surface area (Å²) >= 11 is 8.13. The Hall–Kier alpha value is -3.18. The molecule has 15 nitrogen and oxygen atoms in total. The highest BCUT2D eigenvalue weighted by atomic mass is 32.2. The van der Waals surface area contributed by atoms with Crippen LogP contribution in [0.3, 0.4) is 0 Å². The van der Waals surface area contributed by atoms with Gasteiger partial charge in [-0.25, -0.2) is 0 Å². The molecule has 0 spiro atoms. The van der Waals surface area contributed by atoms with Crippen LogP contribution in [0.5, 0.6) is 34.5 Å². The van der Waals surface area contributed by atoms with Crippen LogP contribution in [0.4, 0.5) is 0 Å². The Morgan fingerprint density at radius 2 is 0.903 bits per heavy atom. The molecule has 0 fully saturated rings. The van der Waals surface area contributed by atoms with Gasteiger partial charge in [0.15, 0.2) is 57.5 Å². The fourth-order valence-corrected chi connectivity index (χ4v) is 16.1. The van der Waals surface area contributed by atoms with Gasteiger partial charge in [0.2, 0.25) is 0 Å². The van der Waals surface area contributed by atoms with Gasteiger partial charge in [-0.1, -0.05) is 64.7 Å². The van der Waals surface area contributed by atoms with E-state index in [-0.39, 0.29) is 17.1 Å². The first-order valence-electron chi connectivity index (χ1n) is 25.9. The number of hydrogen-bond donors (Lipinski definition) is 1. The van der Waals surface area contributed by atoms with Gasteiger partial charge < -0.3 is 71.4 Å². The van der Waals surface area contributed by atoms with Crippen LogP contribution in [0.2, 0.25) is 0 Å². The molecule has 0 saturated carbocycles. The topological polar surface area (TPSA) is 149 Å². The Balaban J connectivity index is 0.768. The van der Waals surface area contributed by atoms with Crippen molar-refractivity contribution in [3.8, 4) is 34.5 Å². The largest absolute Gasteiger partial charge is 0.489 e. The highest BCUT2D eigenvalue weighted by molar-refractivity contribution is 8.09. The van der Waals surface area contributed by atoms with Gasteiger partial charge in [0, 0.05) is 13.0 Å². The van der Waals surface area contributed by atoms with E-state index in [9.17, 15) is 5.11 Å². The first-order valence-corrected chi connectivity index (χ1v) is 30.1. The zero-order chi connectivity index (χ0) is 49.1. The van der Waals surface area contributed by atoms with E-state index in [1.807, 2.05) is 0 Å². The Morgan fingerprint density at radius 3 is 1.50 bits per heavy atom. The third-order valence-corrected chi connectivity index (χ3v) is 19.5. The zero-order valence-corrected chi connectivity index (χ0v) is 45.5. The highest BCUT2D eigenvalue weighted by Gasteiger charge is 2.43. The second-order valence-electron chi connectivity index (χ2n) is 18.1. The van der Waals surface area contributed by atoms with Gasteiger partial charge in [-0.2, -0.15) is 0 Å². The van der Waals surface area contributed by atoms with E-state index in [2.05, 4.69) is 13.8 Å². The van der Waals surface area contributed by atoms with E-state index in [4.69, 9.17) is 66.3 Å². The summed E-state index contributed by atoms with van der Waals surface area (Å²) < 4.78 is 90.2. The molecule has 10 rings (SSSR count). The maximum absolute atomic E-state index is 11.2. The van der Waals surface area contributed by atoms with E-state index in [0.29, 0.717) is 152 Å². The average Bonchev–Trinajstić information content (AvgIpc) is 4.24. The predicted octanol–water partition coefficient (Wildman–Crippen LogP) is 8.72. The Labute approximate surface area is 441 Å². The maximum atomic E-state index is 11.2. The van der Waals surface area contributed by atoms with E-state index in [1.54, 1.807) is 57.5 Å². The molecule has 7 aliphatic heterocycles.